The van der Waals surface area contributed by atoms with Crippen molar-refractivity contribution < 1.29 is 13.2 Å². The second-order valence-corrected chi connectivity index (χ2v) is 4.82. The molecule has 0 fully saturated rings. The lowest BCUT2D eigenvalue weighted by molar-refractivity contribution is -0.138. The van der Waals surface area contributed by atoms with Crippen LogP contribution in [0.3, 0.4) is 0 Å². The van der Waals surface area contributed by atoms with Crippen LogP contribution in [0.5, 0.6) is 0 Å². The van der Waals surface area contributed by atoms with Crippen LogP contribution >= 0.6 is 47.8 Å². The fourth-order valence-corrected chi connectivity index (χ4v) is 3.11. The van der Waals surface area contributed by atoms with E-state index in [0.29, 0.717) is 15.4 Å². The van der Waals surface area contributed by atoms with Crippen LogP contribution in [0.1, 0.15) is 11.1 Å². The first-order valence-corrected chi connectivity index (χ1v) is 6.18. The summed E-state index contributed by atoms with van der Waals surface area (Å²) in [6.45, 7) is 0. The quantitative estimate of drug-likeness (QED) is 0.578. The topological polar surface area (TPSA) is 0 Å². The van der Waals surface area contributed by atoms with Gasteiger partial charge in [-0.05, 0) is 17.7 Å². The Morgan fingerprint density at radius 1 is 1.07 bits per heavy atom. The molecule has 1 aromatic carbocycles. The van der Waals surface area contributed by atoms with Crippen molar-refractivity contribution in [3.05, 3.63) is 32.2 Å². The molecule has 0 saturated carbocycles. The third kappa shape index (κ3) is 2.73. The first kappa shape index (κ1) is 12.5. The number of benzene rings is 1. The summed E-state index contributed by atoms with van der Waals surface area (Å²) in [5.74, 6) is 0. The number of alkyl halides is 4. The van der Waals surface area contributed by atoms with Gasteiger partial charge in [0.05, 0.1) is 5.56 Å². The molecule has 0 aromatic heterocycles. The maximum absolute atomic E-state index is 12.4. The molecule has 0 aliphatic carbocycles. The molecule has 0 saturated heterocycles. The highest BCUT2D eigenvalue weighted by Crippen LogP contribution is 2.38. The molecule has 0 unspecified atom stereocenters. The van der Waals surface area contributed by atoms with Gasteiger partial charge in [0, 0.05) is 14.3 Å². The second kappa shape index (κ2) is 4.53. The molecule has 14 heavy (non-hydrogen) atoms. The zero-order chi connectivity index (χ0) is 10.9. The highest BCUT2D eigenvalue weighted by molar-refractivity contribution is 9.11. The largest absolute Gasteiger partial charge is 0.417 e. The van der Waals surface area contributed by atoms with Gasteiger partial charge in [-0.2, -0.15) is 13.2 Å². The Hall–Kier alpha value is 0.450. The lowest BCUT2D eigenvalue weighted by Crippen LogP contribution is -2.06. The Labute approximate surface area is 104 Å². The highest BCUT2D eigenvalue weighted by atomic mass is 79.9. The normalized spacial score (nSPS) is 11.9. The average Bonchev–Trinajstić information content (AvgIpc) is 2.02. The first-order valence-electron chi connectivity index (χ1n) is 3.47. The molecule has 0 aliphatic heterocycles. The molecule has 0 N–H and O–H groups in total. The van der Waals surface area contributed by atoms with Crippen LogP contribution in [0, 0.1) is 0 Å². The van der Waals surface area contributed by atoms with Crippen molar-refractivity contribution in [2.75, 3.05) is 0 Å². The highest BCUT2D eigenvalue weighted by Gasteiger charge is 2.33. The van der Waals surface area contributed by atoms with Crippen molar-refractivity contribution in [2.45, 2.75) is 11.5 Å². The van der Waals surface area contributed by atoms with Crippen molar-refractivity contribution in [1.82, 2.24) is 0 Å². The van der Waals surface area contributed by atoms with Gasteiger partial charge in [0.2, 0.25) is 0 Å². The molecule has 0 aliphatic rings. The summed E-state index contributed by atoms with van der Waals surface area (Å²) in [5, 5.41) is 0.379. The lowest BCUT2D eigenvalue weighted by atomic mass is 10.1. The van der Waals surface area contributed by atoms with E-state index in [4.69, 9.17) is 0 Å². The molecule has 0 atom stereocenters. The molecule has 78 valence electrons. The summed E-state index contributed by atoms with van der Waals surface area (Å²) >= 11 is 9.18. The fourth-order valence-electron chi connectivity index (χ4n) is 0.913. The van der Waals surface area contributed by atoms with Crippen molar-refractivity contribution >= 4 is 47.8 Å². The number of halogens is 6. The van der Waals surface area contributed by atoms with Crippen LogP contribution in [0.15, 0.2) is 21.1 Å². The summed E-state index contributed by atoms with van der Waals surface area (Å²) in [6, 6.07) is 2.52. The number of hydrogen-bond donors (Lipinski definition) is 0. The molecular formula is C8H4Br3F3. The van der Waals surface area contributed by atoms with Gasteiger partial charge >= 0.3 is 6.18 Å². The summed E-state index contributed by atoms with van der Waals surface area (Å²) in [4.78, 5) is 0. The van der Waals surface area contributed by atoms with Gasteiger partial charge in [0.15, 0.2) is 0 Å². The van der Waals surface area contributed by atoms with E-state index in [9.17, 15) is 13.2 Å². The van der Waals surface area contributed by atoms with Crippen molar-refractivity contribution in [1.29, 1.82) is 0 Å². The summed E-state index contributed by atoms with van der Waals surface area (Å²) in [5.41, 5.74) is -0.0873. The first-order chi connectivity index (χ1) is 6.36. The Morgan fingerprint density at radius 3 is 2.07 bits per heavy atom. The Balaban J connectivity index is 3.32. The van der Waals surface area contributed by atoms with E-state index >= 15 is 0 Å². The van der Waals surface area contributed by atoms with E-state index in [1.807, 2.05) is 0 Å². The monoisotopic (exact) mass is 394 g/mol. The SMILES string of the molecule is FC(F)(F)c1cc(CBr)c(Br)cc1Br. The summed E-state index contributed by atoms with van der Waals surface area (Å²) in [7, 11) is 0. The van der Waals surface area contributed by atoms with Gasteiger partial charge in [-0.1, -0.05) is 47.8 Å². The van der Waals surface area contributed by atoms with Crippen LogP contribution in [0.4, 0.5) is 13.2 Å². The van der Waals surface area contributed by atoms with Gasteiger partial charge in [-0.15, -0.1) is 0 Å². The van der Waals surface area contributed by atoms with Gasteiger partial charge in [0.25, 0.3) is 0 Å². The predicted molar refractivity (Wildman–Crippen MR) is 59.5 cm³/mol. The Bertz CT molecular complexity index is 346. The minimum Gasteiger partial charge on any atom is -0.166 e. The minimum absolute atomic E-state index is 0.0431. The van der Waals surface area contributed by atoms with Crippen molar-refractivity contribution in [2.24, 2.45) is 0 Å². The molecular weight excluding hydrogens is 393 g/mol. The average molecular weight is 397 g/mol. The van der Waals surface area contributed by atoms with E-state index in [2.05, 4.69) is 47.8 Å². The van der Waals surface area contributed by atoms with Crippen LogP contribution in [0.2, 0.25) is 0 Å². The third-order valence-corrected chi connectivity index (χ3v) is 3.58. The van der Waals surface area contributed by atoms with Crippen LogP contribution in [0.25, 0.3) is 0 Å². The van der Waals surface area contributed by atoms with E-state index in [1.165, 1.54) is 6.07 Å². The minimum atomic E-state index is -4.32. The molecule has 6 heteroatoms. The van der Waals surface area contributed by atoms with Crippen LogP contribution in [-0.2, 0) is 11.5 Å². The van der Waals surface area contributed by atoms with Gasteiger partial charge in [-0.3, -0.25) is 0 Å². The smallest absolute Gasteiger partial charge is 0.166 e. The van der Waals surface area contributed by atoms with Gasteiger partial charge in [-0.25, -0.2) is 0 Å². The van der Waals surface area contributed by atoms with Crippen molar-refractivity contribution in [3.8, 4) is 0 Å². The fraction of sp³-hybridized carbons (Fsp3) is 0.250. The molecule has 0 radical (unpaired) electrons. The van der Waals surface area contributed by atoms with Crippen LogP contribution in [-0.4, -0.2) is 0 Å². The molecule has 0 amide bonds. The van der Waals surface area contributed by atoms with E-state index in [1.54, 1.807) is 0 Å². The zero-order valence-corrected chi connectivity index (χ0v) is 11.4. The van der Waals surface area contributed by atoms with Crippen LogP contribution < -0.4 is 0 Å². The van der Waals surface area contributed by atoms with Gasteiger partial charge in [0.1, 0.15) is 0 Å². The maximum Gasteiger partial charge on any atom is 0.417 e. The second-order valence-electron chi connectivity index (χ2n) is 2.55. The Morgan fingerprint density at radius 2 is 1.64 bits per heavy atom. The molecule has 0 spiro atoms. The molecule has 0 nitrogen and oxygen atoms in total. The van der Waals surface area contributed by atoms with E-state index in [-0.39, 0.29) is 4.47 Å². The van der Waals surface area contributed by atoms with Gasteiger partial charge < -0.3 is 0 Å². The summed E-state index contributed by atoms with van der Waals surface area (Å²) in [6.07, 6.45) is -4.32. The maximum atomic E-state index is 12.4. The predicted octanol–water partition coefficient (Wildman–Crippen LogP) is 5.13. The Kier molecular flexibility index (Phi) is 4.05. The zero-order valence-electron chi connectivity index (χ0n) is 6.63. The molecule has 1 aromatic rings. The standard InChI is InChI=1S/C8H4Br3F3/c9-3-4-1-5(8(12,13)14)7(11)2-6(4)10/h1-2H,3H2. The van der Waals surface area contributed by atoms with E-state index < -0.39 is 11.7 Å². The molecule has 0 bridgehead atoms. The number of rotatable bonds is 1. The molecule has 1 rings (SSSR count). The van der Waals surface area contributed by atoms with Crippen molar-refractivity contribution in [3.63, 3.8) is 0 Å². The molecule has 0 heterocycles. The number of hydrogen-bond acceptors (Lipinski definition) is 0. The lowest BCUT2D eigenvalue weighted by Gasteiger charge is -2.11. The van der Waals surface area contributed by atoms with E-state index in [0.717, 1.165) is 6.07 Å². The third-order valence-electron chi connectivity index (χ3n) is 1.59. The summed E-state index contributed by atoms with van der Waals surface area (Å²) < 4.78 is 38.0.